The summed E-state index contributed by atoms with van der Waals surface area (Å²) in [4.78, 5) is 37.7. The van der Waals surface area contributed by atoms with Crippen molar-refractivity contribution in [3.05, 3.63) is 45.6 Å². The Morgan fingerprint density at radius 2 is 1.67 bits per heavy atom. The van der Waals surface area contributed by atoms with E-state index >= 15 is 0 Å². The predicted octanol–water partition coefficient (Wildman–Crippen LogP) is 3.46. The minimum atomic E-state index is -0.575. The van der Waals surface area contributed by atoms with E-state index in [2.05, 4.69) is 5.32 Å². The minimum absolute atomic E-state index is 0.0543. The van der Waals surface area contributed by atoms with Gasteiger partial charge in [0.05, 0.1) is 19.6 Å². The lowest BCUT2D eigenvalue weighted by Gasteiger charge is -2.09. The van der Waals surface area contributed by atoms with E-state index in [0.29, 0.717) is 17.9 Å². The van der Waals surface area contributed by atoms with E-state index in [4.69, 9.17) is 14.2 Å². The number of ether oxygens (including phenoxy) is 3. The second-order valence-corrected chi connectivity index (χ2v) is 7.97. The summed E-state index contributed by atoms with van der Waals surface area (Å²) >= 11 is 1.55. The number of carbonyl (C=O) groups excluding carboxylic acids is 3. The highest BCUT2D eigenvalue weighted by Gasteiger charge is 2.15. The number of carbonyl (C=O) groups is 3. The number of nitrogens with one attached hydrogen (secondary N) is 1. The molecule has 7 nitrogen and oxygen atoms in total. The molecule has 1 amide bonds. The lowest BCUT2D eigenvalue weighted by Crippen LogP contribution is -2.32. The first-order valence-electron chi connectivity index (χ1n) is 9.77. The van der Waals surface area contributed by atoms with Crippen molar-refractivity contribution in [2.75, 3.05) is 26.4 Å². The molecular weight excluding hydrogens is 406 g/mol. The van der Waals surface area contributed by atoms with Crippen LogP contribution >= 0.6 is 11.3 Å². The van der Waals surface area contributed by atoms with E-state index in [1.165, 1.54) is 0 Å². The average Bonchev–Trinajstić information content (AvgIpc) is 3.07. The molecule has 0 atom stereocenters. The first-order chi connectivity index (χ1) is 14.4. The zero-order valence-corrected chi connectivity index (χ0v) is 18.3. The van der Waals surface area contributed by atoms with Gasteiger partial charge in [-0.15, -0.1) is 11.3 Å². The number of aryl methyl sites for hydroxylation is 2. The number of thiophene rings is 1. The second-order valence-electron chi connectivity index (χ2n) is 6.51. The molecule has 0 saturated carbocycles. The van der Waals surface area contributed by atoms with Crippen molar-refractivity contribution in [3.8, 4) is 11.5 Å². The molecule has 0 unspecified atom stereocenters. The van der Waals surface area contributed by atoms with Crippen molar-refractivity contribution in [1.82, 2.24) is 5.32 Å². The minimum Gasteiger partial charge on any atom is -0.494 e. The Labute approximate surface area is 180 Å². The van der Waals surface area contributed by atoms with E-state index in [0.717, 1.165) is 15.5 Å². The van der Waals surface area contributed by atoms with Crippen molar-refractivity contribution in [1.29, 1.82) is 0 Å². The Morgan fingerprint density at radius 1 is 1.00 bits per heavy atom. The highest BCUT2D eigenvalue weighted by Crippen LogP contribution is 2.22. The lowest BCUT2D eigenvalue weighted by atomic mass is 10.1. The third-order valence-electron chi connectivity index (χ3n) is 4.09. The molecule has 0 bridgehead atoms. The van der Waals surface area contributed by atoms with Gasteiger partial charge in [0.2, 0.25) is 0 Å². The lowest BCUT2D eigenvalue weighted by molar-refractivity contribution is -0.148. The van der Waals surface area contributed by atoms with Gasteiger partial charge in [-0.3, -0.25) is 14.4 Å². The summed E-state index contributed by atoms with van der Waals surface area (Å²) in [5, 5.41) is 2.61. The van der Waals surface area contributed by atoms with E-state index in [9.17, 15) is 14.4 Å². The van der Waals surface area contributed by atoms with Gasteiger partial charge >= 0.3 is 5.97 Å². The summed E-state index contributed by atoms with van der Waals surface area (Å²) < 4.78 is 15.8. The maximum Gasteiger partial charge on any atom is 0.306 e. The summed E-state index contributed by atoms with van der Waals surface area (Å²) in [7, 11) is 0. The fourth-order valence-corrected chi connectivity index (χ4v) is 3.63. The summed E-state index contributed by atoms with van der Waals surface area (Å²) in [6.07, 6.45) is 0.00862. The Kier molecular flexibility index (Phi) is 9.34. The highest BCUT2D eigenvalue weighted by atomic mass is 32.1. The summed E-state index contributed by atoms with van der Waals surface area (Å²) in [6, 6.07) is 9.02. The molecule has 0 spiro atoms. The molecule has 0 radical (unpaired) electrons. The van der Waals surface area contributed by atoms with Gasteiger partial charge in [0.1, 0.15) is 18.1 Å². The second kappa shape index (κ2) is 12.0. The standard InChI is InChI=1S/C22H27NO6S/c1-4-27-17-5-7-18(8-6-17)28-12-11-23-21(25)14-29-22(26)10-9-20(24)19-13-15(2)30-16(19)3/h5-8,13H,4,9-12,14H2,1-3H3,(H,23,25). The van der Waals surface area contributed by atoms with Gasteiger partial charge in [-0.2, -0.15) is 0 Å². The molecule has 1 heterocycles. The van der Waals surface area contributed by atoms with Crippen LogP contribution in [0.25, 0.3) is 0 Å². The normalized spacial score (nSPS) is 10.4. The van der Waals surface area contributed by atoms with Crippen LogP contribution in [0.2, 0.25) is 0 Å². The van der Waals surface area contributed by atoms with Crippen molar-refractivity contribution in [3.63, 3.8) is 0 Å². The van der Waals surface area contributed by atoms with Crippen LogP contribution in [0.3, 0.4) is 0 Å². The van der Waals surface area contributed by atoms with Gasteiger partial charge in [0.15, 0.2) is 12.4 Å². The van der Waals surface area contributed by atoms with Gasteiger partial charge in [0, 0.05) is 21.7 Å². The molecule has 0 aliphatic rings. The van der Waals surface area contributed by atoms with Crippen LogP contribution in [-0.2, 0) is 14.3 Å². The molecule has 2 aromatic rings. The molecule has 0 saturated heterocycles. The molecule has 162 valence electrons. The number of esters is 1. The van der Waals surface area contributed by atoms with Gasteiger partial charge in [-0.1, -0.05) is 0 Å². The van der Waals surface area contributed by atoms with Gasteiger partial charge in [0.25, 0.3) is 5.91 Å². The molecule has 0 aliphatic heterocycles. The van der Waals surface area contributed by atoms with Crippen molar-refractivity contribution in [2.24, 2.45) is 0 Å². The summed E-state index contributed by atoms with van der Waals surface area (Å²) in [6.45, 7) is 6.50. The summed E-state index contributed by atoms with van der Waals surface area (Å²) in [5.41, 5.74) is 0.649. The van der Waals surface area contributed by atoms with E-state index in [1.807, 2.05) is 39.0 Å². The number of hydrogen-bond donors (Lipinski definition) is 1. The fraction of sp³-hybridized carbons (Fsp3) is 0.409. The Bertz CT molecular complexity index is 859. The van der Waals surface area contributed by atoms with E-state index < -0.39 is 11.9 Å². The van der Waals surface area contributed by atoms with Crippen LogP contribution in [0.15, 0.2) is 30.3 Å². The largest absolute Gasteiger partial charge is 0.494 e. The van der Waals surface area contributed by atoms with Crippen LogP contribution in [0, 0.1) is 13.8 Å². The third-order valence-corrected chi connectivity index (χ3v) is 5.06. The van der Waals surface area contributed by atoms with E-state index in [-0.39, 0.29) is 38.4 Å². The van der Waals surface area contributed by atoms with Gasteiger partial charge in [-0.25, -0.2) is 0 Å². The molecule has 0 fully saturated rings. The topological polar surface area (TPSA) is 90.9 Å². The zero-order chi connectivity index (χ0) is 21.9. The number of hydrogen-bond acceptors (Lipinski definition) is 7. The molecule has 30 heavy (non-hydrogen) atoms. The summed E-state index contributed by atoms with van der Waals surface area (Å²) in [5.74, 6) is 0.342. The SMILES string of the molecule is CCOc1ccc(OCCNC(=O)COC(=O)CCC(=O)c2cc(C)sc2C)cc1. The van der Waals surface area contributed by atoms with Crippen LogP contribution in [-0.4, -0.2) is 44.0 Å². The smallest absolute Gasteiger partial charge is 0.306 e. The molecule has 2 rings (SSSR count). The molecule has 1 aromatic heterocycles. The Balaban J connectivity index is 1.58. The third kappa shape index (κ3) is 7.87. The highest BCUT2D eigenvalue weighted by molar-refractivity contribution is 7.12. The molecule has 8 heteroatoms. The maximum absolute atomic E-state index is 12.2. The molecule has 1 N–H and O–H groups in total. The number of rotatable bonds is 12. The molecule has 0 aliphatic carbocycles. The van der Waals surface area contributed by atoms with Crippen LogP contribution < -0.4 is 14.8 Å². The Morgan fingerprint density at radius 3 is 2.27 bits per heavy atom. The van der Waals surface area contributed by atoms with Crippen LogP contribution in [0.4, 0.5) is 0 Å². The number of ketones is 1. The monoisotopic (exact) mass is 433 g/mol. The predicted molar refractivity (Wildman–Crippen MR) is 114 cm³/mol. The number of Topliss-reactive ketones (excluding diaryl/α,β-unsaturated/α-hetero) is 1. The maximum atomic E-state index is 12.2. The van der Waals surface area contributed by atoms with Crippen LogP contribution in [0.1, 0.15) is 39.9 Å². The Hall–Kier alpha value is -2.87. The number of benzene rings is 1. The first-order valence-corrected chi connectivity index (χ1v) is 10.6. The van der Waals surface area contributed by atoms with Crippen molar-refractivity contribution in [2.45, 2.75) is 33.6 Å². The van der Waals surface area contributed by atoms with Gasteiger partial charge in [-0.05, 0) is 51.1 Å². The zero-order valence-electron chi connectivity index (χ0n) is 17.5. The molecular formula is C22H27NO6S. The number of amides is 1. The molecule has 1 aromatic carbocycles. The quantitative estimate of drug-likeness (QED) is 0.313. The van der Waals surface area contributed by atoms with Crippen molar-refractivity contribution >= 4 is 29.0 Å². The average molecular weight is 434 g/mol. The van der Waals surface area contributed by atoms with Crippen molar-refractivity contribution < 1.29 is 28.6 Å². The van der Waals surface area contributed by atoms with Gasteiger partial charge < -0.3 is 19.5 Å². The fourth-order valence-electron chi connectivity index (χ4n) is 2.69. The first kappa shape index (κ1) is 23.4. The van der Waals surface area contributed by atoms with E-state index in [1.54, 1.807) is 23.5 Å². The van der Waals surface area contributed by atoms with Crippen LogP contribution in [0.5, 0.6) is 11.5 Å².